The molecule has 2 heterocycles. The SMILES string of the molecule is COc1ccc(S(=O)(=O)Nc2ccc(Cn3cnc(-c4nc(-c5cccc(C)c5)no4)c3)cc2)cc1. The van der Waals surface area contributed by atoms with Crippen LogP contribution in [0.5, 0.6) is 5.75 Å². The van der Waals surface area contributed by atoms with E-state index in [9.17, 15) is 8.42 Å². The highest BCUT2D eigenvalue weighted by molar-refractivity contribution is 7.92. The quantitative estimate of drug-likeness (QED) is 0.326. The molecule has 2 aromatic heterocycles. The van der Waals surface area contributed by atoms with Crippen molar-refractivity contribution in [1.82, 2.24) is 19.7 Å². The Kier molecular flexibility index (Phi) is 6.26. The van der Waals surface area contributed by atoms with Gasteiger partial charge in [0.05, 0.1) is 18.3 Å². The van der Waals surface area contributed by atoms with Crippen molar-refractivity contribution in [2.75, 3.05) is 11.8 Å². The van der Waals surface area contributed by atoms with E-state index in [1.807, 2.05) is 54.1 Å². The van der Waals surface area contributed by atoms with Crippen molar-refractivity contribution in [3.63, 3.8) is 0 Å². The summed E-state index contributed by atoms with van der Waals surface area (Å²) in [6, 6.07) is 21.2. The van der Waals surface area contributed by atoms with Crippen molar-refractivity contribution in [3.8, 4) is 28.7 Å². The summed E-state index contributed by atoms with van der Waals surface area (Å²) in [6.45, 7) is 2.55. The number of sulfonamides is 1. The first-order chi connectivity index (χ1) is 17.4. The van der Waals surface area contributed by atoms with Gasteiger partial charge >= 0.3 is 0 Å². The first-order valence-corrected chi connectivity index (χ1v) is 12.6. The van der Waals surface area contributed by atoms with Gasteiger partial charge in [-0.25, -0.2) is 13.4 Å². The molecule has 0 unspecified atom stereocenters. The molecule has 0 bridgehead atoms. The lowest BCUT2D eigenvalue weighted by molar-refractivity contribution is 0.414. The summed E-state index contributed by atoms with van der Waals surface area (Å²) < 4.78 is 40.3. The van der Waals surface area contributed by atoms with Gasteiger partial charge in [-0.15, -0.1) is 0 Å². The van der Waals surface area contributed by atoms with E-state index in [0.29, 0.717) is 35.4 Å². The predicted molar refractivity (Wildman–Crippen MR) is 135 cm³/mol. The number of benzene rings is 3. The van der Waals surface area contributed by atoms with E-state index >= 15 is 0 Å². The minimum absolute atomic E-state index is 0.157. The van der Waals surface area contributed by atoms with Gasteiger partial charge < -0.3 is 13.8 Å². The fourth-order valence-electron chi connectivity index (χ4n) is 3.64. The van der Waals surface area contributed by atoms with Crippen LogP contribution in [0.2, 0.25) is 0 Å². The molecule has 5 aromatic rings. The van der Waals surface area contributed by atoms with E-state index in [2.05, 4.69) is 19.8 Å². The van der Waals surface area contributed by atoms with Crippen LogP contribution in [0, 0.1) is 6.92 Å². The topological polar surface area (TPSA) is 112 Å². The molecule has 0 aliphatic rings. The molecule has 0 amide bonds. The Bertz CT molecular complexity index is 1590. The van der Waals surface area contributed by atoms with Crippen molar-refractivity contribution in [1.29, 1.82) is 0 Å². The summed E-state index contributed by atoms with van der Waals surface area (Å²) in [7, 11) is -2.17. The Balaban J connectivity index is 1.25. The average molecular weight is 502 g/mol. The van der Waals surface area contributed by atoms with Crippen LogP contribution in [0.1, 0.15) is 11.1 Å². The maximum Gasteiger partial charge on any atom is 0.278 e. The van der Waals surface area contributed by atoms with Crippen molar-refractivity contribution in [2.24, 2.45) is 0 Å². The largest absolute Gasteiger partial charge is 0.497 e. The number of nitrogens with zero attached hydrogens (tertiary/aromatic N) is 4. The Morgan fingerprint density at radius 3 is 2.53 bits per heavy atom. The molecule has 5 rings (SSSR count). The van der Waals surface area contributed by atoms with Gasteiger partial charge in [0.2, 0.25) is 5.82 Å². The van der Waals surface area contributed by atoms with Gasteiger partial charge in [-0.3, -0.25) is 4.72 Å². The average Bonchev–Trinajstić information content (AvgIpc) is 3.55. The maximum absolute atomic E-state index is 12.6. The maximum atomic E-state index is 12.6. The Morgan fingerprint density at radius 1 is 1.03 bits per heavy atom. The zero-order chi connectivity index (χ0) is 25.1. The Hall–Kier alpha value is -4.44. The summed E-state index contributed by atoms with van der Waals surface area (Å²) in [4.78, 5) is 9.01. The summed E-state index contributed by atoms with van der Waals surface area (Å²) in [5.41, 5.74) is 4.01. The number of hydrogen-bond acceptors (Lipinski definition) is 7. The summed E-state index contributed by atoms with van der Waals surface area (Å²) >= 11 is 0. The number of methoxy groups -OCH3 is 1. The van der Waals surface area contributed by atoms with Crippen LogP contribution >= 0.6 is 0 Å². The molecule has 36 heavy (non-hydrogen) atoms. The number of ether oxygens (including phenoxy) is 1. The molecular weight excluding hydrogens is 478 g/mol. The second-order valence-electron chi connectivity index (χ2n) is 8.20. The van der Waals surface area contributed by atoms with Crippen LogP contribution in [-0.4, -0.2) is 35.2 Å². The van der Waals surface area contributed by atoms with Crippen LogP contribution in [0.3, 0.4) is 0 Å². The zero-order valence-electron chi connectivity index (χ0n) is 19.6. The molecule has 3 aromatic carbocycles. The smallest absolute Gasteiger partial charge is 0.278 e. The van der Waals surface area contributed by atoms with Crippen LogP contribution in [0.25, 0.3) is 23.0 Å². The van der Waals surface area contributed by atoms with Crippen molar-refractivity contribution < 1.29 is 17.7 Å². The second kappa shape index (κ2) is 9.67. The van der Waals surface area contributed by atoms with E-state index in [-0.39, 0.29) is 4.90 Å². The van der Waals surface area contributed by atoms with Gasteiger partial charge in [0.15, 0.2) is 0 Å². The molecular formula is C26H23N5O4S. The third-order valence-electron chi connectivity index (χ3n) is 5.50. The van der Waals surface area contributed by atoms with Crippen LogP contribution < -0.4 is 9.46 Å². The molecule has 0 radical (unpaired) electrons. The lowest BCUT2D eigenvalue weighted by Gasteiger charge is -2.10. The monoisotopic (exact) mass is 501 g/mol. The van der Waals surface area contributed by atoms with Gasteiger partial charge in [0, 0.05) is 24.0 Å². The molecule has 0 fully saturated rings. The van der Waals surface area contributed by atoms with Crippen molar-refractivity contribution >= 4 is 15.7 Å². The van der Waals surface area contributed by atoms with Crippen molar-refractivity contribution in [2.45, 2.75) is 18.4 Å². The summed E-state index contributed by atoms with van der Waals surface area (Å²) in [5.74, 6) is 1.44. The van der Waals surface area contributed by atoms with Crippen LogP contribution in [0.4, 0.5) is 5.69 Å². The molecule has 182 valence electrons. The van der Waals surface area contributed by atoms with E-state index in [1.54, 1.807) is 30.6 Å². The first-order valence-electron chi connectivity index (χ1n) is 11.1. The predicted octanol–water partition coefficient (Wildman–Crippen LogP) is 4.77. The third-order valence-corrected chi connectivity index (χ3v) is 6.89. The Morgan fingerprint density at radius 2 is 1.81 bits per heavy atom. The number of imidazole rings is 1. The highest BCUT2D eigenvalue weighted by Crippen LogP contribution is 2.23. The lowest BCUT2D eigenvalue weighted by Crippen LogP contribution is -2.12. The van der Waals surface area contributed by atoms with Gasteiger partial charge in [-0.1, -0.05) is 41.1 Å². The number of hydrogen-bond donors (Lipinski definition) is 1. The fraction of sp³-hybridized carbons (Fsp3) is 0.115. The van der Waals surface area contributed by atoms with Gasteiger partial charge in [-0.2, -0.15) is 4.98 Å². The fourth-order valence-corrected chi connectivity index (χ4v) is 4.70. The molecule has 10 heteroatoms. The van der Waals surface area contributed by atoms with Crippen LogP contribution in [-0.2, 0) is 16.6 Å². The number of anilines is 1. The highest BCUT2D eigenvalue weighted by Gasteiger charge is 2.15. The summed E-state index contributed by atoms with van der Waals surface area (Å²) in [6.07, 6.45) is 3.51. The molecule has 1 N–H and O–H groups in total. The molecule has 9 nitrogen and oxygen atoms in total. The molecule has 0 aliphatic carbocycles. The third kappa shape index (κ3) is 5.13. The number of aryl methyl sites for hydroxylation is 1. The Labute approximate surface area is 208 Å². The zero-order valence-corrected chi connectivity index (χ0v) is 20.4. The minimum atomic E-state index is -3.70. The van der Waals surface area contributed by atoms with E-state index in [4.69, 9.17) is 9.26 Å². The van der Waals surface area contributed by atoms with Crippen molar-refractivity contribution in [3.05, 3.63) is 96.4 Å². The normalized spacial score (nSPS) is 11.4. The molecule has 0 saturated carbocycles. The first kappa shape index (κ1) is 23.3. The standard InChI is InChI=1S/C26H23N5O4S/c1-18-4-3-5-20(14-18)25-28-26(35-29-25)24-16-31(17-27-24)15-19-6-8-21(9-7-19)30-36(32,33)23-12-10-22(34-2)11-13-23/h3-14,16-17,30H,15H2,1-2H3. The van der Waals surface area contributed by atoms with Gasteiger partial charge in [-0.05, 0) is 55.0 Å². The number of aromatic nitrogens is 4. The lowest BCUT2D eigenvalue weighted by atomic mass is 10.1. The number of rotatable bonds is 8. The van der Waals surface area contributed by atoms with E-state index in [1.165, 1.54) is 19.2 Å². The van der Waals surface area contributed by atoms with E-state index < -0.39 is 10.0 Å². The highest BCUT2D eigenvalue weighted by atomic mass is 32.2. The van der Waals surface area contributed by atoms with Gasteiger partial charge in [0.25, 0.3) is 15.9 Å². The second-order valence-corrected chi connectivity index (χ2v) is 9.88. The van der Waals surface area contributed by atoms with E-state index in [0.717, 1.165) is 16.7 Å². The molecule has 0 spiro atoms. The minimum Gasteiger partial charge on any atom is -0.497 e. The molecule has 0 aliphatic heterocycles. The number of nitrogens with one attached hydrogen (secondary N) is 1. The van der Waals surface area contributed by atoms with Gasteiger partial charge in [0.1, 0.15) is 11.4 Å². The summed E-state index contributed by atoms with van der Waals surface area (Å²) in [5, 5.41) is 4.07. The molecule has 0 saturated heterocycles. The van der Waals surface area contributed by atoms with Crippen LogP contribution in [0.15, 0.2) is 94.7 Å². The molecule has 0 atom stereocenters.